The quantitative estimate of drug-likeness (QED) is 0.450. The first-order chi connectivity index (χ1) is 14.4. The molecular weight excluding hydrogens is 378 g/mol. The number of nitrogens with zero attached hydrogens (tertiary/aromatic N) is 1. The summed E-state index contributed by atoms with van der Waals surface area (Å²) < 4.78 is 0. The van der Waals surface area contributed by atoms with Crippen LogP contribution < -0.4 is 0 Å². The summed E-state index contributed by atoms with van der Waals surface area (Å²) in [6.07, 6.45) is 11.1. The van der Waals surface area contributed by atoms with Crippen LogP contribution in [0.1, 0.15) is 79.5 Å². The molecule has 1 aliphatic rings. The van der Waals surface area contributed by atoms with Crippen LogP contribution in [0.15, 0.2) is 54.2 Å². The maximum atomic E-state index is 8.00. The van der Waals surface area contributed by atoms with Crippen LogP contribution in [0, 0.1) is 12.8 Å². The van der Waals surface area contributed by atoms with Crippen molar-refractivity contribution in [2.75, 3.05) is 20.1 Å². The summed E-state index contributed by atoms with van der Waals surface area (Å²) in [5.41, 5.74) is 8.25. The van der Waals surface area contributed by atoms with Gasteiger partial charge in [0.2, 0.25) is 0 Å². The Hall–Kier alpha value is -2.19. The standard InChI is InChI=1S/C23H31N.2C2H6.CH2O.CH4/c1-7-9-17(2)12-13-19(4)23-18(3)10-8-11-22(23)21-14-15-24(6)16-20(21)5;3*1-2;/h7-14,20H,15-16H2,1-6H3;2*1-2H3;1H2;1H4/b9-7+,17-12+,19-13+;;;;. The van der Waals surface area contributed by atoms with E-state index < -0.39 is 0 Å². The molecule has 1 atom stereocenters. The fourth-order valence-electron chi connectivity index (χ4n) is 3.56. The number of carbonyl (C=O) groups excluding carboxylic acids is 1. The maximum Gasteiger partial charge on any atom is 0.106 e. The summed E-state index contributed by atoms with van der Waals surface area (Å²) in [6, 6.07) is 6.70. The van der Waals surface area contributed by atoms with Crippen molar-refractivity contribution < 1.29 is 4.79 Å². The van der Waals surface area contributed by atoms with Crippen molar-refractivity contribution in [3.8, 4) is 0 Å². The number of aryl methyl sites for hydroxylation is 1. The van der Waals surface area contributed by atoms with Gasteiger partial charge in [0.05, 0.1) is 0 Å². The molecule has 0 saturated heterocycles. The average Bonchev–Trinajstić information content (AvgIpc) is 2.76. The molecule has 0 aliphatic carbocycles. The normalized spacial score (nSPS) is 16.5. The summed E-state index contributed by atoms with van der Waals surface area (Å²) in [5, 5.41) is 0. The van der Waals surface area contributed by atoms with Gasteiger partial charge in [-0.2, -0.15) is 0 Å². The van der Waals surface area contributed by atoms with E-state index in [2.05, 4.69) is 95.1 Å². The Morgan fingerprint density at radius 1 is 1.10 bits per heavy atom. The van der Waals surface area contributed by atoms with E-state index >= 15 is 0 Å². The van der Waals surface area contributed by atoms with Crippen molar-refractivity contribution >= 4 is 17.9 Å². The van der Waals surface area contributed by atoms with Crippen molar-refractivity contribution in [3.63, 3.8) is 0 Å². The molecule has 0 bridgehead atoms. The Kier molecular flexibility index (Phi) is 21.3. The Morgan fingerprint density at radius 3 is 2.19 bits per heavy atom. The van der Waals surface area contributed by atoms with E-state index in [0.717, 1.165) is 13.1 Å². The summed E-state index contributed by atoms with van der Waals surface area (Å²) in [7, 11) is 2.20. The van der Waals surface area contributed by atoms with Crippen LogP contribution in [0.3, 0.4) is 0 Å². The monoisotopic (exact) mass is 427 g/mol. The van der Waals surface area contributed by atoms with E-state index in [0.29, 0.717) is 5.92 Å². The fraction of sp³-hybridized carbons (Fsp3) is 0.483. The zero-order valence-electron chi connectivity index (χ0n) is 21.2. The van der Waals surface area contributed by atoms with Gasteiger partial charge in [0.15, 0.2) is 0 Å². The zero-order chi connectivity index (χ0) is 23.7. The van der Waals surface area contributed by atoms with E-state index in [9.17, 15) is 0 Å². The molecule has 176 valence electrons. The van der Waals surface area contributed by atoms with Gasteiger partial charge in [0.25, 0.3) is 0 Å². The molecular formula is C29H49NO. The predicted molar refractivity (Wildman–Crippen MR) is 145 cm³/mol. The summed E-state index contributed by atoms with van der Waals surface area (Å²) in [5.74, 6) is 0.567. The molecule has 0 N–H and O–H groups in total. The SMILES string of the molecule is C.C/C=C/C(C)=C/C=C(\C)c1c(C)cccc1C1=CCN(C)CC1C.C=O.CC.CC. The van der Waals surface area contributed by atoms with Crippen LogP contribution >= 0.6 is 0 Å². The second-order valence-electron chi connectivity index (χ2n) is 7.04. The summed E-state index contributed by atoms with van der Waals surface area (Å²) >= 11 is 0. The molecule has 2 nitrogen and oxygen atoms in total. The highest BCUT2D eigenvalue weighted by Crippen LogP contribution is 2.34. The second kappa shape index (κ2) is 19.8. The number of benzene rings is 1. The van der Waals surface area contributed by atoms with Crippen LogP contribution in [-0.4, -0.2) is 31.8 Å². The molecule has 2 heteroatoms. The van der Waals surface area contributed by atoms with Crippen molar-refractivity contribution in [3.05, 3.63) is 70.8 Å². The molecule has 0 radical (unpaired) electrons. The average molecular weight is 428 g/mol. The van der Waals surface area contributed by atoms with E-state index in [-0.39, 0.29) is 7.43 Å². The first kappa shape index (κ1) is 33.4. The molecule has 1 aromatic carbocycles. The fourth-order valence-corrected chi connectivity index (χ4v) is 3.56. The Labute approximate surface area is 194 Å². The summed E-state index contributed by atoms with van der Waals surface area (Å²) in [6.45, 7) is 23.1. The number of hydrogen-bond donors (Lipinski definition) is 0. The van der Waals surface area contributed by atoms with Crippen molar-refractivity contribution in [1.82, 2.24) is 4.90 Å². The zero-order valence-corrected chi connectivity index (χ0v) is 21.2. The molecule has 0 spiro atoms. The third-order valence-electron chi connectivity index (χ3n) is 4.74. The largest absolute Gasteiger partial charge is 0.307 e. The Morgan fingerprint density at radius 2 is 1.68 bits per heavy atom. The van der Waals surface area contributed by atoms with E-state index in [1.807, 2.05) is 34.5 Å². The lowest BCUT2D eigenvalue weighted by Gasteiger charge is -2.29. The molecule has 0 aromatic heterocycles. The first-order valence-corrected chi connectivity index (χ1v) is 11.2. The molecule has 0 fully saturated rings. The van der Waals surface area contributed by atoms with Crippen molar-refractivity contribution in [2.24, 2.45) is 5.92 Å². The van der Waals surface area contributed by atoms with Crippen LogP contribution in [-0.2, 0) is 4.79 Å². The lowest BCUT2D eigenvalue weighted by molar-refractivity contribution is -0.0979. The lowest BCUT2D eigenvalue weighted by Crippen LogP contribution is -2.29. The van der Waals surface area contributed by atoms with Crippen molar-refractivity contribution in [1.29, 1.82) is 0 Å². The number of likely N-dealkylation sites (N-methyl/N-ethyl adjacent to an activating group) is 1. The van der Waals surface area contributed by atoms with Gasteiger partial charge in [-0.1, -0.05) is 96.2 Å². The van der Waals surface area contributed by atoms with Crippen LogP contribution in [0.2, 0.25) is 0 Å². The van der Waals surface area contributed by atoms with Crippen LogP contribution in [0.4, 0.5) is 0 Å². The first-order valence-electron chi connectivity index (χ1n) is 11.2. The minimum Gasteiger partial charge on any atom is -0.307 e. The van der Waals surface area contributed by atoms with E-state index in [1.165, 1.54) is 33.4 Å². The number of hydrogen-bond acceptors (Lipinski definition) is 2. The minimum atomic E-state index is 0. The van der Waals surface area contributed by atoms with Crippen LogP contribution in [0.25, 0.3) is 11.1 Å². The number of carbonyl (C=O) groups is 1. The van der Waals surface area contributed by atoms with Gasteiger partial charge >= 0.3 is 0 Å². The van der Waals surface area contributed by atoms with Crippen LogP contribution in [0.5, 0.6) is 0 Å². The van der Waals surface area contributed by atoms with Gasteiger partial charge in [-0.15, -0.1) is 0 Å². The third kappa shape index (κ3) is 11.1. The van der Waals surface area contributed by atoms with Gasteiger partial charge in [-0.3, -0.25) is 0 Å². The van der Waals surface area contributed by atoms with E-state index in [1.54, 1.807) is 0 Å². The highest BCUT2D eigenvalue weighted by atomic mass is 16.1. The van der Waals surface area contributed by atoms with Crippen molar-refractivity contribution in [2.45, 2.75) is 69.7 Å². The maximum absolute atomic E-state index is 8.00. The predicted octanol–water partition coefficient (Wildman–Crippen LogP) is 8.39. The van der Waals surface area contributed by atoms with Gasteiger partial charge in [-0.05, 0) is 68.5 Å². The molecule has 1 aliphatic heterocycles. The molecule has 1 heterocycles. The number of allylic oxidation sites excluding steroid dienone is 6. The minimum absolute atomic E-state index is 0. The van der Waals surface area contributed by atoms with Gasteiger partial charge in [0.1, 0.15) is 6.79 Å². The van der Waals surface area contributed by atoms with Gasteiger partial charge < -0.3 is 9.69 Å². The van der Waals surface area contributed by atoms with E-state index in [4.69, 9.17) is 4.79 Å². The molecule has 0 amide bonds. The highest BCUT2D eigenvalue weighted by molar-refractivity contribution is 5.82. The smallest absolute Gasteiger partial charge is 0.106 e. The molecule has 31 heavy (non-hydrogen) atoms. The van der Waals surface area contributed by atoms with Gasteiger partial charge in [-0.25, -0.2) is 0 Å². The molecule has 2 rings (SSSR count). The third-order valence-corrected chi connectivity index (χ3v) is 4.74. The molecule has 1 aromatic rings. The Bertz CT molecular complexity index is 722. The lowest BCUT2D eigenvalue weighted by atomic mass is 9.84. The summed E-state index contributed by atoms with van der Waals surface area (Å²) in [4.78, 5) is 10.4. The molecule has 1 unspecified atom stereocenters. The highest BCUT2D eigenvalue weighted by Gasteiger charge is 2.20. The van der Waals surface area contributed by atoms with Gasteiger partial charge in [0, 0.05) is 13.1 Å². The Balaban J connectivity index is -0.00000103. The second-order valence-corrected chi connectivity index (χ2v) is 7.04. The molecule has 0 saturated carbocycles. The number of rotatable bonds is 4. The topological polar surface area (TPSA) is 20.3 Å².